The highest BCUT2D eigenvalue weighted by atomic mass is 16.6. The number of carbonyl (C=O) groups excluding carboxylic acids is 2. The van der Waals surface area contributed by atoms with Crippen LogP contribution < -0.4 is 19.6 Å². The zero-order valence-corrected chi connectivity index (χ0v) is 25.4. The first-order chi connectivity index (χ1) is 20.1. The monoisotopic (exact) mass is 566 g/mol. The number of nitrogens with zero attached hydrogens (tertiary/aromatic N) is 1. The average molecular weight is 567 g/mol. The third-order valence-corrected chi connectivity index (χ3v) is 6.86. The first-order valence-electron chi connectivity index (χ1n) is 15.5. The summed E-state index contributed by atoms with van der Waals surface area (Å²) in [5.41, 5.74) is 3.71. The number of hydrogen-bond donors (Lipinski definition) is 1. The molecule has 0 unspecified atom stereocenters. The van der Waals surface area contributed by atoms with Crippen LogP contribution in [-0.2, 0) is 4.79 Å². The second kappa shape index (κ2) is 21.4. The molecule has 0 saturated carbocycles. The second-order valence-corrected chi connectivity index (χ2v) is 10.5. The maximum Gasteiger partial charge on any atom is 0.343 e. The van der Waals surface area contributed by atoms with Gasteiger partial charge in [0, 0.05) is 6.42 Å². The van der Waals surface area contributed by atoms with Crippen LogP contribution >= 0.6 is 0 Å². The van der Waals surface area contributed by atoms with Crippen LogP contribution in [0.2, 0.25) is 0 Å². The van der Waals surface area contributed by atoms with Crippen molar-refractivity contribution in [3.63, 3.8) is 0 Å². The maximum absolute atomic E-state index is 12.6. The van der Waals surface area contributed by atoms with Crippen molar-refractivity contribution in [2.75, 3.05) is 13.7 Å². The van der Waals surface area contributed by atoms with E-state index < -0.39 is 5.97 Å². The topological polar surface area (TPSA) is 86.2 Å². The number of carbonyl (C=O) groups is 2. The van der Waals surface area contributed by atoms with Gasteiger partial charge in [0.2, 0.25) is 5.91 Å². The van der Waals surface area contributed by atoms with Gasteiger partial charge >= 0.3 is 5.97 Å². The van der Waals surface area contributed by atoms with Crippen molar-refractivity contribution in [1.82, 2.24) is 5.43 Å². The lowest BCUT2D eigenvalue weighted by atomic mass is 10.0. The smallest absolute Gasteiger partial charge is 0.343 e. The number of amides is 1. The highest BCUT2D eigenvalue weighted by Crippen LogP contribution is 2.28. The van der Waals surface area contributed by atoms with Crippen molar-refractivity contribution < 1.29 is 23.8 Å². The molecule has 0 aromatic heterocycles. The van der Waals surface area contributed by atoms with Crippen molar-refractivity contribution in [1.29, 1.82) is 0 Å². The van der Waals surface area contributed by atoms with Crippen LogP contribution in [0.1, 0.15) is 126 Å². The van der Waals surface area contributed by atoms with Gasteiger partial charge in [0.1, 0.15) is 5.75 Å². The Labute approximate surface area is 247 Å². The maximum atomic E-state index is 12.6. The van der Waals surface area contributed by atoms with Gasteiger partial charge in [0.05, 0.1) is 25.5 Å². The number of methoxy groups -OCH3 is 1. The average Bonchev–Trinajstić information content (AvgIpc) is 2.99. The van der Waals surface area contributed by atoms with Crippen LogP contribution in [0.5, 0.6) is 17.2 Å². The van der Waals surface area contributed by atoms with Gasteiger partial charge in [0.25, 0.3) is 0 Å². The lowest BCUT2D eigenvalue weighted by Crippen LogP contribution is -2.16. The number of unbranched alkanes of at least 4 members (excludes halogenated alkanes) is 12. The van der Waals surface area contributed by atoms with Gasteiger partial charge in [-0.3, -0.25) is 4.79 Å². The molecule has 7 nitrogen and oxygen atoms in total. The molecule has 0 fully saturated rings. The Kier molecular flexibility index (Phi) is 17.7. The van der Waals surface area contributed by atoms with Crippen LogP contribution in [0.4, 0.5) is 0 Å². The fourth-order valence-electron chi connectivity index (χ4n) is 4.45. The van der Waals surface area contributed by atoms with E-state index in [1.54, 1.807) is 48.7 Å². The van der Waals surface area contributed by atoms with Gasteiger partial charge in [-0.25, -0.2) is 10.2 Å². The quantitative estimate of drug-likeness (QED) is 0.0507. The lowest BCUT2D eigenvalue weighted by molar-refractivity contribution is -0.121. The Morgan fingerprint density at radius 3 is 1.95 bits per heavy atom. The fourth-order valence-corrected chi connectivity index (χ4v) is 4.45. The van der Waals surface area contributed by atoms with Gasteiger partial charge < -0.3 is 14.2 Å². The molecule has 0 atom stereocenters. The second-order valence-electron chi connectivity index (χ2n) is 10.5. The lowest BCUT2D eigenvalue weighted by Gasteiger charge is -2.10. The van der Waals surface area contributed by atoms with Crippen molar-refractivity contribution >= 4 is 18.1 Å². The van der Waals surface area contributed by atoms with Gasteiger partial charge in [-0.05, 0) is 60.9 Å². The molecule has 0 aliphatic heterocycles. The highest BCUT2D eigenvalue weighted by Gasteiger charge is 2.13. The summed E-state index contributed by atoms with van der Waals surface area (Å²) in [6, 6.07) is 11.9. The number of hydrazone groups is 1. The normalized spacial score (nSPS) is 11.0. The summed E-state index contributed by atoms with van der Waals surface area (Å²) in [7, 11) is 1.50. The van der Waals surface area contributed by atoms with Gasteiger partial charge in [-0.1, -0.05) is 90.9 Å². The Bertz CT molecular complexity index is 1040. The van der Waals surface area contributed by atoms with Crippen LogP contribution in [0.15, 0.2) is 47.6 Å². The Balaban J connectivity index is 1.63. The van der Waals surface area contributed by atoms with E-state index in [0.717, 1.165) is 19.3 Å². The molecule has 0 heterocycles. The number of hydrogen-bond acceptors (Lipinski definition) is 6. The molecule has 2 aromatic rings. The van der Waals surface area contributed by atoms with E-state index in [-0.39, 0.29) is 5.91 Å². The molecule has 0 aliphatic carbocycles. The third-order valence-electron chi connectivity index (χ3n) is 6.86. The van der Waals surface area contributed by atoms with Crippen LogP contribution in [0, 0.1) is 0 Å². The minimum Gasteiger partial charge on any atom is -0.494 e. The predicted molar refractivity (Wildman–Crippen MR) is 166 cm³/mol. The van der Waals surface area contributed by atoms with E-state index >= 15 is 0 Å². The molecule has 1 N–H and O–H groups in total. The first kappa shape index (κ1) is 33.9. The number of esters is 1. The molecular weight excluding hydrogens is 516 g/mol. The molecule has 226 valence electrons. The Morgan fingerprint density at radius 2 is 1.37 bits per heavy atom. The summed E-state index contributed by atoms with van der Waals surface area (Å²) in [5, 5.41) is 4.07. The SMILES string of the molecule is CCCCCCCCCCCCCCCC(=O)N/N=C/c1ccc(OC(=O)c2ccc(OCCC)cc2)c(OC)c1. The summed E-state index contributed by atoms with van der Waals surface area (Å²) >= 11 is 0. The summed E-state index contributed by atoms with van der Waals surface area (Å²) in [6.07, 6.45) is 19.5. The molecule has 0 spiro atoms. The van der Waals surface area contributed by atoms with E-state index in [1.807, 2.05) is 6.92 Å². The molecule has 7 heteroatoms. The predicted octanol–water partition coefficient (Wildman–Crippen LogP) is 8.63. The van der Waals surface area contributed by atoms with Gasteiger partial charge in [-0.2, -0.15) is 5.10 Å². The summed E-state index contributed by atoms with van der Waals surface area (Å²) in [5.74, 6) is 0.817. The zero-order chi connectivity index (χ0) is 29.5. The molecule has 0 radical (unpaired) electrons. The molecule has 2 rings (SSSR count). The minimum atomic E-state index is -0.493. The molecule has 41 heavy (non-hydrogen) atoms. The third kappa shape index (κ3) is 14.7. The molecular formula is C34H50N2O5. The van der Waals surface area contributed by atoms with Gasteiger partial charge in [-0.15, -0.1) is 0 Å². The van der Waals surface area contributed by atoms with Crippen LogP contribution in [0.3, 0.4) is 0 Å². The molecule has 0 bridgehead atoms. The molecule has 1 amide bonds. The molecule has 0 aliphatic rings. The molecule has 2 aromatic carbocycles. The van der Waals surface area contributed by atoms with Crippen LogP contribution in [0.25, 0.3) is 0 Å². The Morgan fingerprint density at radius 1 is 0.756 bits per heavy atom. The largest absolute Gasteiger partial charge is 0.494 e. The van der Waals surface area contributed by atoms with E-state index in [0.29, 0.717) is 41.4 Å². The number of rotatable bonds is 22. The highest BCUT2D eigenvalue weighted by molar-refractivity contribution is 5.91. The van der Waals surface area contributed by atoms with E-state index in [9.17, 15) is 9.59 Å². The minimum absolute atomic E-state index is 0.0899. The summed E-state index contributed by atoms with van der Waals surface area (Å²) < 4.78 is 16.5. The fraction of sp³-hybridized carbons (Fsp3) is 0.559. The zero-order valence-electron chi connectivity index (χ0n) is 25.4. The first-order valence-corrected chi connectivity index (χ1v) is 15.5. The van der Waals surface area contributed by atoms with E-state index in [4.69, 9.17) is 14.2 Å². The standard InChI is InChI=1S/C34H50N2O5/c1-4-6-7-8-9-10-11-12-13-14-15-16-17-18-33(37)36-35-27-28-19-24-31(32(26-28)39-3)41-34(38)29-20-22-30(23-21-29)40-25-5-2/h19-24,26-27H,4-18,25H2,1-3H3,(H,36,37)/b35-27+. The van der Waals surface area contributed by atoms with Crippen molar-refractivity contribution in [2.24, 2.45) is 5.10 Å². The molecule has 0 saturated heterocycles. The number of benzene rings is 2. The summed E-state index contributed by atoms with van der Waals surface area (Å²) in [4.78, 5) is 24.7. The van der Waals surface area contributed by atoms with Crippen molar-refractivity contribution in [2.45, 2.75) is 110 Å². The number of nitrogens with one attached hydrogen (secondary N) is 1. The van der Waals surface area contributed by atoms with E-state index in [2.05, 4.69) is 17.5 Å². The Hall–Kier alpha value is -3.35. The van der Waals surface area contributed by atoms with E-state index in [1.165, 1.54) is 77.7 Å². The van der Waals surface area contributed by atoms with Crippen molar-refractivity contribution in [3.8, 4) is 17.2 Å². The number of ether oxygens (including phenoxy) is 3. The van der Waals surface area contributed by atoms with Crippen molar-refractivity contribution in [3.05, 3.63) is 53.6 Å². The summed E-state index contributed by atoms with van der Waals surface area (Å²) in [6.45, 7) is 4.92. The van der Waals surface area contributed by atoms with Crippen LogP contribution in [-0.4, -0.2) is 31.8 Å². The van der Waals surface area contributed by atoms with Gasteiger partial charge in [0.15, 0.2) is 11.5 Å².